The number of nitrogens with zero attached hydrogens (tertiary/aromatic N) is 1. The van der Waals surface area contributed by atoms with Gasteiger partial charge in [-0.05, 0) is 53.9 Å². The van der Waals surface area contributed by atoms with Crippen LogP contribution in [0.2, 0.25) is 0 Å². The van der Waals surface area contributed by atoms with Crippen molar-refractivity contribution >= 4 is 12.3 Å². The van der Waals surface area contributed by atoms with Crippen LogP contribution < -0.4 is 18.9 Å². The van der Waals surface area contributed by atoms with Gasteiger partial charge in [-0.3, -0.25) is 0 Å². The van der Waals surface area contributed by atoms with Crippen molar-refractivity contribution in [2.45, 2.75) is 104 Å². The SMILES string of the molecule is COc1c(OC(=O)O)c(C)c(CCCCCCCCCC(C)O[N+](=O)[O-])c(OC(=O)OC(C)(C)C)c1OC. The summed E-state index contributed by atoms with van der Waals surface area (Å²) in [5.41, 5.74) is 0.229. The van der Waals surface area contributed by atoms with Gasteiger partial charge in [0.25, 0.3) is 5.09 Å². The molecule has 38 heavy (non-hydrogen) atoms. The average Bonchev–Trinajstić information content (AvgIpc) is 2.78. The summed E-state index contributed by atoms with van der Waals surface area (Å²) in [5, 5.41) is 18.8. The maximum atomic E-state index is 12.5. The Hall–Kier alpha value is -3.44. The smallest absolute Gasteiger partial charge is 0.490 e. The minimum Gasteiger partial charge on any atom is -0.490 e. The highest BCUT2D eigenvalue weighted by Crippen LogP contribution is 2.50. The molecule has 12 heteroatoms. The van der Waals surface area contributed by atoms with Crippen LogP contribution >= 0.6 is 0 Å². The molecule has 0 aromatic heterocycles. The average molecular weight is 544 g/mol. The first-order valence-electron chi connectivity index (χ1n) is 12.7. The fourth-order valence-corrected chi connectivity index (χ4v) is 3.98. The van der Waals surface area contributed by atoms with Crippen molar-refractivity contribution < 1.29 is 48.3 Å². The molecule has 0 amide bonds. The highest BCUT2D eigenvalue weighted by Gasteiger charge is 2.30. The Labute approximate surface area is 223 Å². The van der Waals surface area contributed by atoms with Gasteiger partial charge < -0.3 is 33.6 Å². The lowest BCUT2D eigenvalue weighted by Gasteiger charge is -2.23. The molecule has 0 radical (unpaired) electrons. The van der Waals surface area contributed by atoms with Gasteiger partial charge >= 0.3 is 12.3 Å². The minimum atomic E-state index is -1.51. The van der Waals surface area contributed by atoms with E-state index in [0.717, 1.165) is 44.9 Å². The van der Waals surface area contributed by atoms with Gasteiger partial charge in [0.15, 0.2) is 11.5 Å². The van der Waals surface area contributed by atoms with E-state index in [0.29, 0.717) is 24.0 Å². The number of benzene rings is 1. The summed E-state index contributed by atoms with van der Waals surface area (Å²) in [7, 11) is 2.69. The summed E-state index contributed by atoms with van der Waals surface area (Å²) in [6.45, 7) is 8.49. The van der Waals surface area contributed by atoms with Gasteiger partial charge in [0.2, 0.25) is 11.5 Å². The fraction of sp³-hybridized carbons (Fsp3) is 0.692. The molecular formula is C26H41NO11. The van der Waals surface area contributed by atoms with Crippen LogP contribution in [0.25, 0.3) is 0 Å². The zero-order valence-electron chi connectivity index (χ0n) is 23.4. The van der Waals surface area contributed by atoms with E-state index in [2.05, 4.69) is 4.84 Å². The van der Waals surface area contributed by atoms with E-state index in [1.165, 1.54) is 14.2 Å². The number of unbranched alkanes of at least 4 members (excludes halogenated alkanes) is 6. The first kappa shape index (κ1) is 32.6. The number of carboxylic acid groups (broad SMARTS) is 1. The zero-order chi connectivity index (χ0) is 28.9. The van der Waals surface area contributed by atoms with Crippen LogP contribution in [0.15, 0.2) is 0 Å². The molecule has 216 valence electrons. The summed E-state index contributed by atoms with van der Waals surface area (Å²) in [6, 6.07) is 0. The highest BCUT2D eigenvalue weighted by atomic mass is 17.0. The number of rotatable bonds is 16. The van der Waals surface area contributed by atoms with Crippen LogP contribution in [0.5, 0.6) is 23.0 Å². The number of carbonyl (C=O) groups is 2. The highest BCUT2D eigenvalue weighted by molar-refractivity contribution is 5.75. The lowest BCUT2D eigenvalue weighted by Crippen LogP contribution is -2.26. The van der Waals surface area contributed by atoms with Crippen molar-refractivity contribution in [1.82, 2.24) is 0 Å². The molecule has 0 spiro atoms. The predicted molar refractivity (Wildman–Crippen MR) is 138 cm³/mol. The third-order valence-electron chi connectivity index (χ3n) is 5.66. The lowest BCUT2D eigenvalue weighted by atomic mass is 9.97. The van der Waals surface area contributed by atoms with Gasteiger partial charge in [0.1, 0.15) is 11.7 Å². The Morgan fingerprint density at radius 3 is 1.92 bits per heavy atom. The number of ether oxygens (including phenoxy) is 5. The van der Waals surface area contributed by atoms with Crippen molar-refractivity contribution in [3.8, 4) is 23.0 Å². The van der Waals surface area contributed by atoms with Crippen molar-refractivity contribution in [2.24, 2.45) is 0 Å². The molecule has 0 saturated heterocycles. The molecule has 0 aliphatic carbocycles. The Balaban J connectivity index is 2.92. The normalized spacial score (nSPS) is 11.9. The van der Waals surface area contributed by atoms with Crippen molar-refractivity contribution in [3.05, 3.63) is 21.2 Å². The van der Waals surface area contributed by atoms with Gasteiger partial charge in [-0.1, -0.05) is 38.5 Å². The lowest BCUT2D eigenvalue weighted by molar-refractivity contribution is -0.767. The largest absolute Gasteiger partial charge is 0.514 e. The summed E-state index contributed by atoms with van der Waals surface area (Å²) in [4.78, 5) is 38.7. The molecule has 1 aromatic carbocycles. The molecule has 1 N–H and O–H groups in total. The van der Waals surface area contributed by atoms with Crippen LogP contribution in [0, 0.1) is 17.0 Å². The number of hydrogen-bond acceptors (Lipinski definition) is 10. The maximum absolute atomic E-state index is 12.5. The monoisotopic (exact) mass is 543 g/mol. The molecule has 0 saturated carbocycles. The Bertz CT molecular complexity index is 940. The Morgan fingerprint density at radius 1 is 0.895 bits per heavy atom. The predicted octanol–water partition coefficient (Wildman–Crippen LogP) is 6.64. The second kappa shape index (κ2) is 15.7. The number of methoxy groups -OCH3 is 2. The Kier molecular flexibility index (Phi) is 13.5. The fourth-order valence-electron chi connectivity index (χ4n) is 3.98. The van der Waals surface area contributed by atoms with Crippen LogP contribution in [0.1, 0.15) is 90.2 Å². The van der Waals surface area contributed by atoms with E-state index < -0.39 is 29.1 Å². The van der Waals surface area contributed by atoms with Gasteiger partial charge in [0.05, 0.1) is 14.2 Å². The summed E-state index contributed by atoms with van der Waals surface area (Å²) >= 11 is 0. The van der Waals surface area contributed by atoms with Crippen molar-refractivity contribution in [3.63, 3.8) is 0 Å². The molecule has 0 fully saturated rings. The molecule has 0 aliphatic heterocycles. The van der Waals surface area contributed by atoms with E-state index in [4.69, 9.17) is 23.7 Å². The molecule has 0 aliphatic rings. The van der Waals surface area contributed by atoms with Gasteiger partial charge in [-0.25, -0.2) is 9.59 Å². The molecular weight excluding hydrogens is 502 g/mol. The number of carbonyl (C=O) groups excluding carboxylic acids is 1. The van der Waals surface area contributed by atoms with Crippen LogP contribution in [0.3, 0.4) is 0 Å². The van der Waals surface area contributed by atoms with E-state index in [-0.39, 0.29) is 23.0 Å². The van der Waals surface area contributed by atoms with Gasteiger partial charge in [-0.2, -0.15) is 0 Å². The molecule has 1 atom stereocenters. The van der Waals surface area contributed by atoms with Crippen molar-refractivity contribution in [2.75, 3.05) is 14.2 Å². The zero-order valence-corrected chi connectivity index (χ0v) is 23.4. The van der Waals surface area contributed by atoms with Crippen molar-refractivity contribution in [1.29, 1.82) is 0 Å². The molecule has 12 nitrogen and oxygen atoms in total. The molecule has 1 unspecified atom stereocenters. The van der Waals surface area contributed by atoms with E-state index in [1.54, 1.807) is 34.6 Å². The second-order valence-electron chi connectivity index (χ2n) is 9.92. The molecule has 1 aromatic rings. The summed E-state index contributed by atoms with van der Waals surface area (Å²) in [5.74, 6) is 0.0942. The Morgan fingerprint density at radius 2 is 1.42 bits per heavy atom. The first-order chi connectivity index (χ1) is 17.8. The van der Waals surface area contributed by atoms with Gasteiger partial charge in [0, 0.05) is 11.1 Å². The quantitative estimate of drug-likeness (QED) is 0.0784. The summed E-state index contributed by atoms with van der Waals surface area (Å²) in [6.07, 6.45) is 4.68. The van der Waals surface area contributed by atoms with Crippen LogP contribution in [0.4, 0.5) is 9.59 Å². The van der Waals surface area contributed by atoms with Gasteiger partial charge in [-0.15, -0.1) is 10.1 Å². The molecule has 1 rings (SSSR count). The van der Waals surface area contributed by atoms with Crippen LogP contribution in [-0.4, -0.2) is 48.4 Å². The first-order valence-corrected chi connectivity index (χ1v) is 12.7. The number of hydrogen-bond donors (Lipinski definition) is 1. The second-order valence-corrected chi connectivity index (χ2v) is 9.92. The third kappa shape index (κ3) is 11.3. The van der Waals surface area contributed by atoms with E-state index in [1.807, 2.05) is 0 Å². The molecule has 0 heterocycles. The standard InChI is InChI=1S/C26H41NO11/c1-17(38-27(31)32)15-13-11-9-8-10-12-14-16-19-18(2)20(35-24(28)29)22(33-6)23(34-7)21(19)36-25(30)37-26(3,4)5/h17H,8-16H2,1-7H3,(H,28,29). The van der Waals surface area contributed by atoms with E-state index >= 15 is 0 Å². The van der Waals surface area contributed by atoms with Crippen LogP contribution in [-0.2, 0) is 16.0 Å². The topological polar surface area (TPSA) is 153 Å². The third-order valence-corrected chi connectivity index (χ3v) is 5.66. The molecule has 0 bridgehead atoms. The maximum Gasteiger partial charge on any atom is 0.514 e. The van der Waals surface area contributed by atoms with E-state index in [9.17, 15) is 24.8 Å². The minimum absolute atomic E-state index is 0.00682. The summed E-state index contributed by atoms with van der Waals surface area (Å²) < 4.78 is 26.7.